The van der Waals surface area contributed by atoms with Gasteiger partial charge >= 0.3 is 0 Å². The molecular formula is C25H32Cl2N2O4. The number of rotatable bonds is 12. The molecule has 0 saturated heterocycles. The van der Waals surface area contributed by atoms with Gasteiger partial charge in [0.2, 0.25) is 11.8 Å². The van der Waals surface area contributed by atoms with E-state index in [2.05, 4.69) is 5.32 Å². The third-order valence-electron chi connectivity index (χ3n) is 5.07. The number of nitrogens with one attached hydrogen (secondary N) is 1. The van der Waals surface area contributed by atoms with Crippen LogP contribution in [0.15, 0.2) is 42.5 Å². The quantitative estimate of drug-likeness (QED) is 0.403. The Labute approximate surface area is 206 Å². The van der Waals surface area contributed by atoms with Crippen molar-refractivity contribution in [2.45, 2.75) is 46.2 Å². The van der Waals surface area contributed by atoms with E-state index < -0.39 is 6.04 Å². The third kappa shape index (κ3) is 8.78. The molecule has 0 aliphatic heterocycles. The molecule has 0 aliphatic carbocycles. The molecule has 2 aromatic carbocycles. The topological polar surface area (TPSA) is 67.9 Å². The molecule has 2 aromatic rings. The zero-order chi connectivity index (χ0) is 24.4. The Morgan fingerprint density at radius 2 is 1.70 bits per heavy atom. The summed E-state index contributed by atoms with van der Waals surface area (Å²) < 4.78 is 10.9. The number of halogens is 2. The molecule has 6 nitrogen and oxygen atoms in total. The molecule has 8 heteroatoms. The van der Waals surface area contributed by atoms with Crippen LogP contribution in [0.1, 0.15) is 39.2 Å². The fourth-order valence-corrected chi connectivity index (χ4v) is 3.57. The zero-order valence-electron chi connectivity index (χ0n) is 19.6. The molecule has 33 heavy (non-hydrogen) atoms. The van der Waals surface area contributed by atoms with Crippen molar-refractivity contribution in [3.63, 3.8) is 0 Å². The van der Waals surface area contributed by atoms with Gasteiger partial charge in [0.05, 0.1) is 13.7 Å². The van der Waals surface area contributed by atoms with Gasteiger partial charge in [-0.3, -0.25) is 9.59 Å². The van der Waals surface area contributed by atoms with Crippen LogP contribution in [0, 0.1) is 5.92 Å². The minimum absolute atomic E-state index is 0.147. The maximum Gasteiger partial charge on any atom is 0.242 e. The molecule has 1 N–H and O–H groups in total. The maximum absolute atomic E-state index is 13.1. The van der Waals surface area contributed by atoms with E-state index in [1.54, 1.807) is 37.1 Å². The number of hydrogen-bond acceptors (Lipinski definition) is 4. The smallest absolute Gasteiger partial charge is 0.242 e. The van der Waals surface area contributed by atoms with Crippen LogP contribution >= 0.6 is 23.2 Å². The standard InChI is InChI=1S/C25H32Cl2N2O4/c1-17(2)15-28-25(31)18(3)29(16-19-7-8-20(26)14-23(19)27)24(30)6-5-13-33-22-11-9-21(32-4)10-12-22/h7-12,14,17-18H,5-6,13,15-16H2,1-4H3,(H,28,31). The lowest BCUT2D eigenvalue weighted by Crippen LogP contribution is -2.48. The van der Waals surface area contributed by atoms with Gasteiger partial charge in [-0.1, -0.05) is 43.1 Å². The van der Waals surface area contributed by atoms with Crippen molar-refractivity contribution >= 4 is 35.0 Å². The minimum atomic E-state index is -0.648. The van der Waals surface area contributed by atoms with E-state index in [4.69, 9.17) is 32.7 Å². The first-order chi connectivity index (χ1) is 15.7. The maximum atomic E-state index is 13.1. The van der Waals surface area contributed by atoms with Crippen molar-refractivity contribution in [3.05, 3.63) is 58.1 Å². The average Bonchev–Trinajstić information content (AvgIpc) is 2.79. The SMILES string of the molecule is COc1ccc(OCCCC(=O)N(Cc2ccc(Cl)cc2Cl)C(C)C(=O)NCC(C)C)cc1. The van der Waals surface area contributed by atoms with Gasteiger partial charge in [0.15, 0.2) is 0 Å². The molecule has 0 radical (unpaired) electrons. The van der Waals surface area contributed by atoms with E-state index in [0.29, 0.717) is 41.3 Å². The van der Waals surface area contributed by atoms with E-state index in [1.807, 2.05) is 38.1 Å². The van der Waals surface area contributed by atoms with E-state index in [9.17, 15) is 9.59 Å². The van der Waals surface area contributed by atoms with Crippen LogP contribution in [0.25, 0.3) is 0 Å². The number of carbonyl (C=O) groups excluding carboxylic acids is 2. The summed E-state index contributed by atoms with van der Waals surface area (Å²) in [6.45, 7) is 6.90. The van der Waals surface area contributed by atoms with Crippen molar-refractivity contribution in [1.82, 2.24) is 10.2 Å². The number of ether oxygens (including phenoxy) is 2. The van der Waals surface area contributed by atoms with Crippen molar-refractivity contribution in [1.29, 1.82) is 0 Å². The van der Waals surface area contributed by atoms with Crippen LogP contribution in [0.4, 0.5) is 0 Å². The second-order valence-electron chi connectivity index (χ2n) is 8.20. The summed E-state index contributed by atoms with van der Waals surface area (Å²) in [4.78, 5) is 27.4. The van der Waals surface area contributed by atoms with Crippen molar-refractivity contribution in [2.75, 3.05) is 20.3 Å². The Kier molecular flexibility index (Phi) is 10.8. The molecule has 0 aliphatic rings. The largest absolute Gasteiger partial charge is 0.497 e. The third-order valence-corrected chi connectivity index (χ3v) is 5.66. The fourth-order valence-electron chi connectivity index (χ4n) is 3.10. The average molecular weight is 495 g/mol. The molecule has 0 saturated carbocycles. The summed E-state index contributed by atoms with van der Waals surface area (Å²) in [5.74, 6) is 1.42. The first-order valence-electron chi connectivity index (χ1n) is 11.0. The van der Waals surface area contributed by atoms with Crippen LogP contribution in [0.3, 0.4) is 0 Å². The Morgan fingerprint density at radius 1 is 1.03 bits per heavy atom. The molecule has 0 spiro atoms. The van der Waals surface area contributed by atoms with Gasteiger partial charge < -0.3 is 19.7 Å². The molecular weight excluding hydrogens is 463 g/mol. The highest BCUT2D eigenvalue weighted by Crippen LogP contribution is 2.24. The molecule has 0 aromatic heterocycles. The molecule has 0 bridgehead atoms. The van der Waals surface area contributed by atoms with Crippen LogP contribution in [0.2, 0.25) is 10.0 Å². The summed E-state index contributed by atoms with van der Waals surface area (Å²) in [6, 6.07) is 11.7. The molecule has 2 amide bonds. The van der Waals surface area contributed by atoms with Gasteiger partial charge in [-0.15, -0.1) is 0 Å². The van der Waals surface area contributed by atoms with Crippen LogP contribution < -0.4 is 14.8 Å². The number of amides is 2. The van der Waals surface area contributed by atoms with Gasteiger partial charge in [-0.25, -0.2) is 0 Å². The van der Waals surface area contributed by atoms with Gasteiger partial charge in [0.25, 0.3) is 0 Å². The van der Waals surface area contributed by atoms with E-state index in [0.717, 1.165) is 11.3 Å². The summed E-state index contributed by atoms with van der Waals surface area (Å²) in [6.07, 6.45) is 0.749. The summed E-state index contributed by atoms with van der Waals surface area (Å²) in [5.41, 5.74) is 0.729. The summed E-state index contributed by atoms with van der Waals surface area (Å²) in [5, 5.41) is 3.87. The second-order valence-corrected chi connectivity index (χ2v) is 9.04. The van der Waals surface area contributed by atoms with Crippen LogP contribution in [0.5, 0.6) is 11.5 Å². The van der Waals surface area contributed by atoms with Gasteiger partial charge in [0.1, 0.15) is 17.5 Å². The van der Waals surface area contributed by atoms with Crippen molar-refractivity contribution in [3.8, 4) is 11.5 Å². The number of nitrogens with zero attached hydrogens (tertiary/aromatic N) is 1. The molecule has 2 rings (SSSR count). The van der Waals surface area contributed by atoms with Gasteiger partial charge in [-0.2, -0.15) is 0 Å². The fraction of sp³-hybridized carbons (Fsp3) is 0.440. The normalized spacial score (nSPS) is 11.7. The molecule has 0 heterocycles. The Balaban J connectivity index is 2.02. The number of benzene rings is 2. The molecule has 1 unspecified atom stereocenters. The monoisotopic (exact) mass is 494 g/mol. The lowest BCUT2D eigenvalue weighted by Gasteiger charge is -2.29. The highest BCUT2D eigenvalue weighted by atomic mass is 35.5. The first kappa shape index (κ1) is 26.8. The summed E-state index contributed by atoms with van der Waals surface area (Å²) in [7, 11) is 1.61. The lowest BCUT2D eigenvalue weighted by atomic mass is 10.1. The van der Waals surface area contributed by atoms with Crippen molar-refractivity contribution < 1.29 is 19.1 Å². The lowest BCUT2D eigenvalue weighted by molar-refractivity contribution is -0.140. The van der Waals surface area contributed by atoms with Gasteiger partial charge in [-0.05, 0) is 61.2 Å². The number of hydrogen-bond donors (Lipinski definition) is 1. The highest BCUT2D eigenvalue weighted by molar-refractivity contribution is 6.35. The van der Waals surface area contributed by atoms with Crippen molar-refractivity contribution in [2.24, 2.45) is 5.92 Å². The van der Waals surface area contributed by atoms with Gasteiger partial charge in [0, 0.05) is 29.6 Å². The molecule has 0 fully saturated rings. The Bertz CT molecular complexity index is 919. The number of carbonyl (C=O) groups is 2. The predicted molar refractivity (Wildman–Crippen MR) is 132 cm³/mol. The zero-order valence-corrected chi connectivity index (χ0v) is 21.1. The highest BCUT2D eigenvalue weighted by Gasteiger charge is 2.26. The van der Waals surface area contributed by atoms with E-state index in [-0.39, 0.29) is 24.8 Å². The van der Waals surface area contributed by atoms with Crippen LogP contribution in [-0.4, -0.2) is 43.0 Å². The predicted octanol–water partition coefficient (Wildman–Crippen LogP) is 5.35. The minimum Gasteiger partial charge on any atom is -0.497 e. The molecule has 1 atom stereocenters. The first-order valence-corrected chi connectivity index (χ1v) is 11.7. The molecule has 180 valence electrons. The second kappa shape index (κ2) is 13.3. The Morgan fingerprint density at radius 3 is 2.30 bits per heavy atom. The number of methoxy groups -OCH3 is 1. The van der Waals surface area contributed by atoms with E-state index >= 15 is 0 Å². The Hall–Kier alpha value is -2.44. The van der Waals surface area contributed by atoms with Crippen LogP contribution in [-0.2, 0) is 16.1 Å². The van der Waals surface area contributed by atoms with E-state index in [1.165, 1.54) is 0 Å². The summed E-state index contributed by atoms with van der Waals surface area (Å²) >= 11 is 12.3.